The van der Waals surface area contributed by atoms with E-state index in [2.05, 4.69) is 4.98 Å². The van der Waals surface area contributed by atoms with Gasteiger partial charge < -0.3 is 4.42 Å². The minimum absolute atomic E-state index is 0.152. The van der Waals surface area contributed by atoms with Gasteiger partial charge in [-0.05, 0) is 12.1 Å². The van der Waals surface area contributed by atoms with Crippen LogP contribution < -0.4 is 5.63 Å². The lowest BCUT2D eigenvalue weighted by molar-refractivity contribution is 0.458. The van der Waals surface area contributed by atoms with E-state index in [0.29, 0.717) is 0 Å². The van der Waals surface area contributed by atoms with E-state index in [0.717, 1.165) is 0 Å². The Hall–Kier alpha value is -2.16. The highest BCUT2D eigenvalue weighted by molar-refractivity contribution is 6.64. The fourth-order valence-corrected chi connectivity index (χ4v) is 1.52. The van der Waals surface area contributed by atoms with Crippen molar-refractivity contribution in [2.45, 2.75) is 13.1 Å². The molecule has 0 spiro atoms. The standard InChI is InChI=1S/C11H8BFN2O2/c1-12(6-14)5-9-15-8-4-2-3-7(13)10(8)11(16)17-9/h2-4H,5H2,1H3. The van der Waals surface area contributed by atoms with E-state index in [4.69, 9.17) is 9.68 Å². The molecule has 0 saturated carbocycles. The normalized spacial score (nSPS) is 10.2. The summed E-state index contributed by atoms with van der Waals surface area (Å²) in [5, 5.41) is 8.51. The number of hydrogen-bond acceptors (Lipinski definition) is 4. The summed E-state index contributed by atoms with van der Waals surface area (Å²) in [5.74, 6) is 1.52. The summed E-state index contributed by atoms with van der Waals surface area (Å²) in [6.45, 7) is 1.38. The van der Waals surface area contributed by atoms with Crippen LogP contribution in [0.1, 0.15) is 5.89 Å². The first-order chi connectivity index (χ1) is 8.11. The Morgan fingerprint density at radius 1 is 1.59 bits per heavy atom. The summed E-state index contributed by atoms with van der Waals surface area (Å²) in [4.78, 5) is 15.6. The van der Waals surface area contributed by atoms with Crippen LogP contribution in [-0.2, 0) is 6.32 Å². The maximum absolute atomic E-state index is 13.4. The number of hydrogen-bond donors (Lipinski definition) is 0. The van der Waals surface area contributed by atoms with Crippen LogP contribution in [0, 0.1) is 17.0 Å². The van der Waals surface area contributed by atoms with Crippen LogP contribution in [-0.4, -0.2) is 11.7 Å². The van der Waals surface area contributed by atoms with Gasteiger partial charge in [-0.2, -0.15) is 0 Å². The number of rotatable bonds is 2. The third-order valence-electron chi connectivity index (χ3n) is 2.35. The van der Waals surface area contributed by atoms with Crippen molar-refractivity contribution in [3.63, 3.8) is 0 Å². The van der Waals surface area contributed by atoms with Gasteiger partial charge in [0.2, 0.25) is 0 Å². The molecule has 0 aliphatic rings. The van der Waals surface area contributed by atoms with E-state index < -0.39 is 11.4 Å². The molecule has 0 unspecified atom stereocenters. The third-order valence-corrected chi connectivity index (χ3v) is 2.35. The van der Waals surface area contributed by atoms with Gasteiger partial charge in [0.25, 0.3) is 6.71 Å². The van der Waals surface area contributed by atoms with Crippen LogP contribution in [0.15, 0.2) is 27.4 Å². The molecule has 2 aromatic rings. The van der Waals surface area contributed by atoms with Gasteiger partial charge in [0, 0.05) is 12.3 Å². The molecule has 0 aliphatic carbocycles. The van der Waals surface area contributed by atoms with Crippen LogP contribution in [0.2, 0.25) is 6.82 Å². The number of benzene rings is 1. The zero-order valence-corrected chi connectivity index (χ0v) is 9.11. The highest BCUT2D eigenvalue weighted by Crippen LogP contribution is 2.12. The Morgan fingerprint density at radius 3 is 3.06 bits per heavy atom. The van der Waals surface area contributed by atoms with Crippen LogP contribution >= 0.6 is 0 Å². The molecule has 1 aromatic carbocycles. The zero-order chi connectivity index (χ0) is 12.4. The Bertz CT molecular complexity index is 663. The van der Waals surface area contributed by atoms with Crippen LogP contribution in [0.4, 0.5) is 4.39 Å². The SMILES string of the molecule is CB(C#N)Cc1nc2cccc(F)c2c(=O)o1. The van der Waals surface area contributed by atoms with Crippen molar-refractivity contribution in [1.82, 2.24) is 4.98 Å². The first-order valence-electron chi connectivity index (χ1n) is 5.09. The largest absolute Gasteiger partial charge is 0.409 e. The molecule has 17 heavy (non-hydrogen) atoms. The summed E-state index contributed by atoms with van der Waals surface area (Å²) < 4.78 is 18.2. The monoisotopic (exact) mass is 230 g/mol. The van der Waals surface area contributed by atoms with Gasteiger partial charge in [0.1, 0.15) is 11.2 Å². The topological polar surface area (TPSA) is 66.9 Å². The first-order valence-corrected chi connectivity index (χ1v) is 5.09. The molecule has 84 valence electrons. The fourth-order valence-electron chi connectivity index (χ4n) is 1.52. The minimum Gasteiger partial charge on any atom is -0.409 e. The first kappa shape index (κ1) is 11.3. The Morgan fingerprint density at radius 2 is 2.35 bits per heavy atom. The van der Waals surface area contributed by atoms with Crippen molar-refractivity contribution >= 4 is 17.6 Å². The van der Waals surface area contributed by atoms with Crippen LogP contribution in [0.25, 0.3) is 10.9 Å². The molecule has 6 heteroatoms. The minimum atomic E-state index is -0.756. The maximum Gasteiger partial charge on any atom is 0.349 e. The number of halogens is 1. The molecule has 4 nitrogen and oxygen atoms in total. The number of nitriles is 1. The molecule has 1 aromatic heterocycles. The predicted octanol–water partition coefficient (Wildman–Crippen LogP) is 1.60. The summed E-state index contributed by atoms with van der Waals surface area (Å²) in [6.07, 6.45) is 0.234. The third kappa shape index (κ3) is 2.18. The van der Waals surface area contributed by atoms with E-state index in [-0.39, 0.29) is 29.8 Å². The predicted molar refractivity (Wildman–Crippen MR) is 61.2 cm³/mol. The summed E-state index contributed by atoms with van der Waals surface area (Å²) in [6, 6.07) is 4.19. The summed E-state index contributed by atoms with van der Waals surface area (Å²) in [7, 11) is 0. The molecular formula is C11H8BFN2O2. The number of fused-ring (bicyclic) bond motifs is 1. The van der Waals surface area contributed by atoms with Crippen molar-refractivity contribution in [2.24, 2.45) is 0 Å². The molecule has 0 N–H and O–H groups in total. The van der Waals surface area contributed by atoms with Crippen LogP contribution in [0.5, 0.6) is 0 Å². The van der Waals surface area contributed by atoms with E-state index in [1.54, 1.807) is 6.82 Å². The van der Waals surface area contributed by atoms with E-state index >= 15 is 0 Å². The van der Waals surface area contributed by atoms with E-state index in [1.807, 2.05) is 5.97 Å². The maximum atomic E-state index is 13.4. The Labute approximate surface area is 96.8 Å². The lowest BCUT2D eigenvalue weighted by atomic mass is 9.51. The Kier molecular flexibility index (Phi) is 2.92. The quantitative estimate of drug-likeness (QED) is 0.734. The number of nitrogens with zero attached hydrogens (tertiary/aromatic N) is 2. The van der Waals surface area contributed by atoms with Gasteiger partial charge in [-0.3, -0.25) is 0 Å². The lowest BCUT2D eigenvalue weighted by Crippen LogP contribution is -2.14. The summed E-state index contributed by atoms with van der Waals surface area (Å²) >= 11 is 0. The van der Waals surface area contributed by atoms with Crippen molar-refractivity contribution in [2.75, 3.05) is 0 Å². The molecular weight excluding hydrogens is 222 g/mol. The van der Waals surface area contributed by atoms with E-state index in [9.17, 15) is 9.18 Å². The molecule has 0 atom stereocenters. The molecule has 0 aliphatic heterocycles. The highest BCUT2D eigenvalue weighted by Gasteiger charge is 2.14. The molecule has 0 amide bonds. The molecule has 0 bridgehead atoms. The second kappa shape index (κ2) is 4.38. The van der Waals surface area contributed by atoms with Gasteiger partial charge in [-0.15, -0.1) is 0 Å². The number of aromatic nitrogens is 1. The molecule has 2 rings (SSSR count). The van der Waals surface area contributed by atoms with Crippen molar-refractivity contribution < 1.29 is 8.81 Å². The average Bonchev–Trinajstić information content (AvgIpc) is 2.28. The van der Waals surface area contributed by atoms with Crippen molar-refractivity contribution in [1.29, 1.82) is 5.26 Å². The molecule has 0 fully saturated rings. The molecule has 0 saturated heterocycles. The van der Waals surface area contributed by atoms with Crippen molar-refractivity contribution in [3.05, 3.63) is 40.3 Å². The highest BCUT2D eigenvalue weighted by atomic mass is 19.1. The Balaban J connectivity index is 2.58. The molecule has 0 radical (unpaired) electrons. The second-order valence-electron chi connectivity index (χ2n) is 3.76. The van der Waals surface area contributed by atoms with Gasteiger partial charge in [0.05, 0.1) is 5.52 Å². The van der Waals surface area contributed by atoms with Gasteiger partial charge in [-0.25, -0.2) is 19.4 Å². The smallest absolute Gasteiger partial charge is 0.349 e. The van der Waals surface area contributed by atoms with Gasteiger partial charge in [-0.1, -0.05) is 12.9 Å². The average molecular weight is 230 g/mol. The van der Waals surface area contributed by atoms with Crippen LogP contribution in [0.3, 0.4) is 0 Å². The zero-order valence-electron chi connectivity index (χ0n) is 9.11. The second-order valence-corrected chi connectivity index (χ2v) is 3.76. The summed E-state index contributed by atoms with van der Waals surface area (Å²) in [5.41, 5.74) is -0.505. The van der Waals surface area contributed by atoms with Gasteiger partial charge in [0.15, 0.2) is 5.89 Å². The fraction of sp³-hybridized carbons (Fsp3) is 0.182. The van der Waals surface area contributed by atoms with E-state index in [1.165, 1.54) is 18.2 Å². The van der Waals surface area contributed by atoms with Gasteiger partial charge >= 0.3 is 5.63 Å². The lowest BCUT2D eigenvalue weighted by Gasteiger charge is -2.01. The molecule has 1 heterocycles. The van der Waals surface area contributed by atoms with Crippen molar-refractivity contribution in [3.8, 4) is 5.97 Å².